The van der Waals surface area contributed by atoms with E-state index in [9.17, 15) is 14.5 Å². The van der Waals surface area contributed by atoms with Gasteiger partial charge in [0, 0.05) is 6.04 Å². The fraction of sp³-hybridized carbons (Fsp3) is 0.300. The number of nitro benzene ring substituents is 1. The Morgan fingerprint density at radius 2 is 2.18 bits per heavy atom. The van der Waals surface area contributed by atoms with Gasteiger partial charge < -0.3 is 10.6 Å². The smallest absolute Gasteiger partial charge is 0.295 e. The lowest BCUT2D eigenvalue weighted by Gasteiger charge is -2.13. The van der Waals surface area contributed by atoms with Crippen molar-refractivity contribution in [3.63, 3.8) is 0 Å². The molecule has 17 heavy (non-hydrogen) atoms. The number of nitro groups is 1. The molecule has 0 aliphatic rings. The molecule has 0 unspecified atom stereocenters. The molecule has 0 radical (unpaired) electrons. The van der Waals surface area contributed by atoms with E-state index in [4.69, 9.17) is 12.2 Å². The third kappa shape index (κ3) is 3.95. The summed E-state index contributed by atoms with van der Waals surface area (Å²) in [5.74, 6) is -0.662. The summed E-state index contributed by atoms with van der Waals surface area (Å²) < 4.78 is 12.9. The van der Waals surface area contributed by atoms with Gasteiger partial charge in [0.05, 0.1) is 11.0 Å². The van der Waals surface area contributed by atoms with Crippen LogP contribution in [0.3, 0.4) is 0 Å². The molecule has 2 N–H and O–H groups in total. The lowest BCUT2D eigenvalue weighted by molar-refractivity contribution is -0.384. The van der Waals surface area contributed by atoms with Gasteiger partial charge in [-0.3, -0.25) is 10.1 Å². The van der Waals surface area contributed by atoms with Crippen molar-refractivity contribution in [2.45, 2.75) is 19.9 Å². The van der Waals surface area contributed by atoms with E-state index in [1.807, 2.05) is 13.8 Å². The Hall–Kier alpha value is -1.76. The van der Waals surface area contributed by atoms with Crippen LogP contribution in [-0.4, -0.2) is 16.1 Å². The minimum Gasteiger partial charge on any atom is -0.360 e. The second-order valence-corrected chi connectivity index (χ2v) is 4.08. The first-order valence-corrected chi connectivity index (χ1v) is 5.32. The number of thiocarbonyl (C=S) groups is 1. The maximum absolute atomic E-state index is 12.9. The highest BCUT2D eigenvalue weighted by atomic mass is 32.1. The van der Waals surface area contributed by atoms with Crippen molar-refractivity contribution in [2.24, 2.45) is 0 Å². The van der Waals surface area contributed by atoms with Gasteiger partial charge in [0.1, 0.15) is 11.5 Å². The summed E-state index contributed by atoms with van der Waals surface area (Å²) in [5.41, 5.74) is -0.188. The first kappa shape index (κ1) is 13.3. The van der Waals surface area contributed by atoms with Gasteiger partial charge in [-0.25, -0.2) is 4.39 Å². The Balaban J connectivity index is 2.91. The predicted octanol–water partition coefficient (Wildman–Crippen LogP) is 2.43. The highest BCUT2D eigenvalue weighted by Crippen LogP contribution is 2.24. The number of halogens is 1. The van der Waals surface area contributed by atoms with E-state index < -0.39 is 10.7 Å². The third-order valence-electron chi connectivity index (χ3n) is 1.82. The molecule has 0 atom stereocenters. The summed E-state index contributed by atoms with van der Waals surface area (Å²) in [6.07, 6.45) is 0. The van der Waals surface area contributed by atoms with Gasteiger partial charge in [-0.1, -0.05) is 0 Å². The van der Waals surface area contributed by atoms with Crippen LogP contribution in [-0.2, 0) is 0 Å². The molecule has 92 valence electrons. The first-order valence-electron chi connectivity index (χ1n) is 4.91. The molecule has 0 aromatic heterocycles. The van der Waals surface area contributed by atoms with Crippen LogP contribution in [0.25, 0.3) is 0 Å². The Morgan fingerprint density at radius 3 is 2.71 bits per heavy atom. The van der Waals surface area contributed by atoms with Gasteiger partial charge in [-0.2, -0.15) is 0 Å². The van der Waals surface area contributed by atoms with Gasteiger partial charge in [-0.05, 0) is 38.2 Å². The normalized spacial score (nSPS) is 10.1. The van der Waals surface area contributed by atoms with E-state index >= 15 is 0 Å². The van der Waals surface area contributed by atoms with E-state index in [0.29, 0.717) is 0 Å². The van der Waals surface area contributed by atoms with Crippen LogP contribution >= 0.6 is 12.2 Å². The van der Waals surface area contributed by atoms with Gasteiger partial charge in [-0.15, -0.1) is 0 Å². The zero-order valence-electron chi connectivity index (χ0n) is 9.36. The van der Waals surface area contributed by atoms with Gasteiger partial charge in [0.25, 0.3) is 5.69 Å². The van der Waals surface area contributed by atoms with Crippen LogP contribution in [0.1, 0.15) is 13.8 Å². The number of benzene rings is 1. The highest BCUT2D eigenvalue weighted by molar-refractivity contribution is 7.80. The summed E-state index contributed by atoms with van der Waals surface area (Å²) in [6.45, 7) is 3.76. The third-order valence-corrected chi connectivity index (χ3v) is 2.04. The van der Waals surface area contributed by atoms with Gasteiger partial charge >= 0.3 is 0 Å². The summed E-state index contributed by atoms with van der Waals surface area (Å²) in [4.78, 5) is 10.0. The van der Waals surface area contributed by atoms with Crippen LogP contribution in [0.4, 0.5) is 15.8 Å². The highest BCUT2D eigenvalue weighted by Gasteiger charge is 2.15. The molecular weight excluding hydrogens is 245 g/mol. The number of anilines is 1. The van der Waals surface area contributed by atoms with Crippen molar-refractivity contribution in [2.75, 3.05) is 5.32 Å². The van der Waals surface area contributed by atoms with E-state index in [1.54, 1.807) is 0 Å². The molecule has 5 nitrogen and oxygen atoms in total. The molecule has 0 amide bonds. The molecule has 0 fully saturated rings. The minimum atomic E-state index is -0.663. The van der Waals surface area contributed by atoms with Crippen LogP contribution in [0.5, 0.6) is 0 Å². The SMILES string of the molecule is CC(C)NC(=S)Nc1ccc(F)cc1[N+](=O)[O-]. The monoisotopic (exact) mass is 257 g/mol. The quantitative estimate of drug-likeness (QED) is 0.494. The fourth-order valence-corrected chi connectivity index (χ4v) is 1.53. The molecule has 0 aliphatic carbocycles. The zero-order chi connectivity index (χ0) is 13.0. The summed E-state index contributed by atoms with van der Waals surface area (Å²) in [6, 6.07) is 3.37. The summed E-state index contributed by atoms with van der Waals surface area (Å²) in [7, 11) is 0. The Labute approximate surface area is 103 Å². The maximum atomic E-state index is 12.9. The predicted molar refractivity (Wildman–Crippen MR) is 67.5 cm³/mol. The Bertz CT molecular complexity index is 451. The summed E-state index contributed by atoms with van der Waals surface area (Å²) >= 11 is 4.95. The molecule has 0 saturated carbocycles. The molecule has 0 saturated heterocycles. The Kier molecular flexibility index (Phi) is 4.33. The van der Waals surface area contributed by atoms with Gasteiger partial charge in [0.15, 0.2) is 5.11 Å². The van der Waals surface area contributed by atoms with Crippen molar-refractivity contribution in [1.29, 1.82) is 0 Å². The standard InChI is InChI=1S/C10H12FN3O2S/c1-6(2)12-10(17)13-8-4-3-7(11)5-9(8)14(15)16/h3-6H,1-2H3,(H2,12,13,17). The molecule has 1 rings (SSSR count). The topological polar surface area (TPSA) is 67.2 Å². The number of rotatable bonds is 3. The number of hydrogen-bond acceptors (Lipinski definition) is 3. The second kappa shape index (κ2) is 5.53. The number of hydrogen-bond donors (Lipinski definition) is 2. The second-order valence-electron chi connectivity index (χ2n) is 3.67. The molecular formula is C10H12FN3O2S. The van der Waals surface area contributed by atoms with E-state index in [-0.39, 0.29) is 22.5 Å². The van der Waals surface area contributed by atoms with Crippen LogP contribution < -0.4 is 10.6 Å². The molecule has 7 heteroatoms. The van der Waals surface area contributed by atoms with Crippen LogP contribution in [0.2, 0.25) is 0 Å². The molecule has 0 aliphatic heterocycles. The van der Waals surface area contributed by atoms with Crippen molar-refractivity contribution >= 4 is 28.7 Å². The molecule has 0 heterocycles. The van der Waals surface area contributed by atoms with E-state index in [0.717, 1.165) is 12.1 Å². The summed E-state index contributed by atoms with van der Waals surface area (Å²) in [5, 5.41) is 16.5. The van der Waals surface area contributed by atoms with E-state index in [1.165, 1.54) is 6.07 Å². The zero-order valence-corrected chi connectivity index (χ0v) is 10.2. The van der Waals surface area contributed by atoms with Crippen molar-refractivity contribution in [1.82, 2.24) is 5.32 Å². The molecule has 1 aromatic rings. The first-order chi connectivity index (χ1) is 7.90. The molecule has 0 bridgehead atoms. The van der Waals surface area contributed by atoms with Crippen molar-refractivity contribution in [3.8, 4) is 0 Å². The lowest BCUT2D eigenvalue weighted by atomic mass is 10.2. The van der Waals surface area contributed by atoms with Crippen molar-refractivity contribution in [3.05, 3.63) is 34.1 Å². The average Bonchev–Trinajstić information content (AvgIpc) is 2.19. The van der Waals surface area contributed by atoms with Crippen molar-refractivity contribution < 1.29 is 9.31 Å². The average molecular weight is 257 g/mol. The van der Waals surface area contributed by atoms with Gasteiger partial charge in [0.2, 0.25) is 0 Å². The maximum Gasteiger partial charge on any atom is 0.295 e. The van der Waals surface area contributed by atoms with Crippen LogP contribution in [0.15, 0.2) is 18.2 Å². The molecule has 0 spiro atoms. The number of nitrogens with zero attached hydrogens (tertiary/aromatic N) is 1. The van der Waals surface area contributed by atoms with Crippen LogP contribution in [0, 0.1) is 15.9 Å². The van der Waals surface area contributed by atoms with E-state index in [2.05, 4.69) is 10.6 Å². The lowest BCUT2D eigenvalue weighted by Crippen LogP contribution is -2.34. The molecule has 1 aromatic carbocycles. The largest absolute Gasteiger partial charge is 0.360 e. The number of nitrogens with one attached hydrogen (secondary N) is 2. The fourth-order valence-electron chi connectivity index (χ4n) is 1.18. The Morgan fingerprint density at radius 1 is 1.53 bits per heavy atom. The minimum absolute atomic E-state index is 0.106.